The van der Waals surface area contributed by atoms with Crippen LogP contribution in [0.15, 0.2) is 18.2 Å². The van der Waals surface area contributed by atoms with Crippen molar-refractivity contribution in [3.8, 4) is 0 Å². The molecule has 1 aromatic rings. The molecule has 0 saturated carbocycles. The smallest absolute Gasteiger partial charge is 0.106 e. The van der Waals surface area contributed by atoms with Gasteiger partial charge in [-0.2, -0.15) is 0 Å². The minimum absolute atomic E-state index is 0.449. The van der Waals surface area contributed by atoms with Crippen LogP contribution in [0, 0.1) is 12.8 Å². The second-order valence-corrected chi connectivity index (χ2v) is 5.25. The minimum atomic E-state index is 0.449. The molecule has 0 bridgehead atoms. The van der Waals surface area contributed by atoms with Gasteiger partial charge in [0.2, 0.25) is 0 Å². The number of para-hydroxylation sites is 1. The van der Waals surface area contributed by atoms with Crippen LogP contribution in [-0.4, -0.2) is 24.7 Å². The van der Waals surface area contributed by atoms with Crippen LogP contribution >= 0.6 is 12.2 Å². The predicted octanol–water partition coefficient (Wildman–Crippen LogP) is 2.47. The molecular weight excluding hydrogens is 244 g/mol. The Kier molecular flexibility index (Phi) is 4.55. The van der Waals surface area contributed by atoms with Crippen LogP contribution in [0.2, 0.25) is 0 Å². The lowest BCUT2D eigenvalue weighted by molar-refractivity contribution is 0.185. The Bertz CT molecular complexity index is 428. The highest BCUT2D eigenvalue weighted by Crippen LogP contribution is 2.22. The second kappa shape index (κ2) is 6.16. The summed E-state index contributed by atoms with van der Waals surface area (Å²) in [5.41, 5.74) is 8.94. The number of hydrogen-bond donors (Lipinski definition) is 2. The van der Waals surface area contributed by atoms with Crippen molar-refractivity contribution in [2.75, 3.05) is 25.1 Å². The molecule has 4 heteroatoms. The van der Waals surface area contributed by atoms with Crippen molar-refractivity contribution in [2.24, 2.45) is 11.7 Å². The molecule has 98 valence electrons. The molecule has 1 saturated heterocycles. The van der Waals surface area contributed by atoms with E-state index in [0.717, 1.165) is 37.4 Å². The van der Waals surface area contributed by atoms with Crippen molar-refractivity contribution in [1.29, 1.82) is 0 Å². The van der Waals surface area contributed by atoms with Crippen LogP contribution in [0.5, 0.6) is 0 Å². The van der Waals surface area contributed by atoms with Gasteiger partial charge in [0.05, 0.1) is 0 Å². The van der Waals surface area contributed by atoms with Gasteiger partial charge < -0.3 is 15.8 Å². The molecule has 1 atom stereocenters. The summed E-state index contributed by atoms with van der Waals surface area (Å²) >= 11 is 5.08. The Labute approximate surface area is 114 Å². The topological polar surface area (TPSA) is 47.3 Å². The molecule has 1 fully saturated rings. The maximum Gasteiger partial charge on any atom is 0.106 e. The number of ether oxygens (including phenoxy) is 1. The number of thiocarbonyl (C=S) groups is 1. The van der Waals surface area contributed by atoms with E-state index in [-0.39, 0.29) is 0 Å². The quantitative estimate of drug-likeness (QED) is 0.802. The van der Waals surface area contributed by atoms with Crippen LogP contribution in [0.1, 0.15) is 24.0 Å². The van der Waals surface area contributed by atoms with Crippen LogP contribution in [0.25, 0.3) is 0 Å². The Hall–Kier alpha value is -1.13. The largest absolute Gasteiger partial charge is 0.389 e. The van der Waals surface area contributed by atoms with Gasteiger partial charge in [-0.15, -0.1) is 0 Å². The van der Waals surface area contributed by atoms with Crippen molar-refractivity contribution in [3.63, 3.8) is 0 Å². The lowest BCUT2D eigenvalue weighted by Gasteiger charge is -2.15. The maximum atomic E-state index is 5.75. The summed E-state index contributed by atoms with van der Waals surface area (Å²) in [5, 5.41) is 3.47. The number of benzene rings is 1. The lowest BCUT2D eigenvalue weighted by Crippen LogP contribution is -2.16. The van der Waals surface area contributed by atoms with Crippen LogP contribution in [0.3, 0.4) is 0 Å². The molecule has 1 aliphatic rings. The van der Waals surface area contributed by atoms with Gasteiger partial charge in [-0.3, -0.25) is 0 Å². The van der Waals surface area contributed by atoms with Crippen LogP contribution in [-0.2, 0) is 4.74 Å². The van der Waals surface area contributed by atoms with Crippen molar-refractivity contribution >= 4 is 22.9 Å². The highest BCUT2D eigenvalue weighted by molar-refractivity contribution is 7.80. The zero-order chi connectivity index (χ0) is 13.0. The minimum Gasteiger partial charge on any atom is -0.389 e. The number of hydrogen-bond acceptors (Lipinski definition) is 3. The van der Waals surface area contributed by atoms with Gasteiger partial charge in [0, 0.05) is 31.0 Å². The molecule has 3 nitrogen and oxygen atoms in total. The van der Waals surface area contributed by atoms with Gasteiger partial charge in [-0.1, -0.05) is 24.4 Å². The summed E-state index contributed by atoms with van der Waals surface area (Å²) in [4.78, 5) is 0.449. The van der Waals surface area contributed by atoms with Crippen molar-refractivity contribution in [1.82, 2.24) is 0 Å². The molecule has 0 spiro atoms. The van der Waals surface area contributed by atoms with E-state index in [0.29, 0.717) is 10.9 Å². The molecule has 1 aromatic carbocycles. The fourth-order valence-corrected chi connectivity index (χ4v) is 2.49. The van der Waals surface area contributed by atoms with E-state index < -0.39 is 0 Å². The zero-order valence-corrected chi connectivity index (χ0v) is 11.6. The van der Waals surface area contributed by atoms with E-state index in [4.69, 9.17) is 22.7 Å². The van der Waals surface area contributed by atoms with E-state index in [9.17, 15) is 0 Å². The average Bonchev–Trinajstić information content (AvgIpc) is 2.84. The number of nitrogens with one attached hydrogen (secondary N) is 1. The third kappa shape index (κ3) is 3.21. The first-order valence-corrected chi connectivity index (χ1v) is 6.80. The SMILES string of the molecule is Cc1cccc(C(N)=S)c1NCCC1CCOC1. The number of nitrogens with two attached hydrogens (primary N) is 1. The standard InChI is InChI=1S/C14H20N2OS/c1-10-3-2-4-12(14(15)18)13(10)16-7-5-11-6-8-17-9-11/h2-4,11,16H,5-9H2,1H3,(H2,15,18). The third-order valence-corrected chi connectivity index (χ3v) is 3.64. The summed E-state index contributed by atoms with van der Waals surface area (Å²) in [6.07, 6.45) is 2.31. The number of anilines is 1. The summed E-state index contributed by atoms with van der Waals surface area (Å²) in [7, 11) is 0. The first-order chi connectivity index (χ1) is 8.68. The molecule has 1 aliphatic heterocycles. The summed E-state index contributed by atoms with van der Waals surface area (Å²) in [6, 6.07) is 6.03. The first kappa shape index (κ1) is 13.3. The molecule has 2 rings (SSSR count). The van der Waals surface area contributed by atoms with Crippen LogP contribution in [0.4, 0.5) is 5.69 Å². The van der Waals surface area contributed by atoms with Gasteiger partial charge in [-0.25, -0.2) is 0 Å². The van der Waals surface area contributed by atoms with Crippen molar-refractivity contribution < 1.29 is 4.74 Å². The molecule has 0 radical (unpaired) electrons. The molecule has 0 amide bonds. The van der Waals surface area contributed by atoms with E-state index in [2.05, 4.69) is 18.3 Å². The Morgan fingerprint density at radius 3 is 3.06 bits per heavy atom. The molecule has 3 N–H and O–H groups in total. The Morgan fingerprint density at radius 1 is 1.56 bits per heavy atom. The average molecular weight is 264 g/mol. The van der Waals surface area contributed by atoms with Crippen LogP contribution < -0.4 is 11.1 Å². The van der Waals surface area contributed by atoms with E-state index >= 15 is 0 Å². The van der Waals surface area contributed by atoms with Gasteiger partial charge >= 0.3 is 0 Å². The second-order valence-electron chi connectivity index (χ2n) is 4.81. The molecule has 0 aliphatic carbocycles. The first-order valence-electron chi connectivity index (χ1n) is 6.39. The van der Waals surface area contributed by atoms with Crippen molar-refractivity contribution in [3.05, 3.63) is 29.3 Å². The molecule has 1 heterocycles. The molecule has 18 heavy (non-hydrogen) atoms. The maximum absolute atomic E-state index is 5.75. The highest BCUT2D eigenvalue weighted by atomic mass is 32.1. The van der Waals surface area contributed by atoms with Gasteiger partial charge in [-0.05, 0) is 37.3 Å². The van der Waals surface area contributed by atoms with E-state index in [1.54, 1.807) is 0 Å². The predicted molar refractivity (Wildman–Crippen MR) is 79.1 cm³/mol. The third-order valence-electron chi connectivity index (χ3n) is 3.42. The van der Waals surface area contributed by atoms with Gasteiger partial charge in [0.1, 0.15) is 4.99 Å². The summed E-state index contributed by atoms with van der Waals surface area (Å²) in [6.45, 7) is 4.82. The Morgan fingerprint density at radius 2 is 2.39 bits per heavy atom. The van der Waals surface area contributed by atoms with Gasteiger partial charge in [0.25, 0.3) is 0 Å². The highest BCUT2D eigenvalue weighted by Gasteiger charge is 2.15. The fraction of sp³-hybridized carbons (Fsp3) is 0.500. The lowest BCUT2D eigenvalue weighted by atomic mass is 10.0. The summed E-state index contributed by atoms with van der Waals surface area (Å²) in [5.74, 6) is 0.690. The zero-order valence-electron chi connectivity index (χ0n) is 10.7. The van der Waals surface area contributed by atoms with E-state index in [1.807, 2.05) is 12.1 Å². The molecule has 1 unspecified atom stereocenters. The molecule has 0 aromatic heterocycles. The van der Waals surface area contributed by atoms with Crippen molar-refractivity contribution in [2.45, 2.75) is 19.8 Å². The van der Waals surface area contributed by atoms with E-state index in [1.165, 1.54) is 12.0 Å². The Balaban J connectivity index is 1.97. The number of aryl methyl sites for hydroxylation is 1. The fourth-order valence-electron chi connectivity index (χ4n) is 2.32. The monoisotopic (exact) mass is 264 g/mol. The normalized spacial score (nSPS) is 18.8. The van der Waals surface area contributed by atoms with Gasteiger partial charge in [0.15, 0.2) is 0 Å². The number of rotatable bonds is 5. The molecular formula is C14H20N2OS. The summed E-state index contributed by atoms with van der Waals surface area (Å²) < 4.78 is 5.38.